The molecule has 0 spiro atoms. The molecule has 1 aliphatic carbocycles. The molecule has 0 N–H and O–H groups in total. The van der Waals surface area contributed by atoms with Gasteiger partial charge in [0.25, 0.3) is 5.92 Å². The number of hydrogen-bond donors (Lipinski definition) is 0. The highest BCUT2D eigenvalue weighted by molar-refractivity contribution is 6.32. The van der Waals surface area contributed by atoms with Crippen molar-refractivity contribution >= 4 is 17.2 Å². The maximum atomic E-state index is 12.5. The molecule has 0 heterocycles. The molecule has 0 bridgehead atoms. The molecule has 0 amide bonds. The van der Waals surface area contributed by atoms with Gasteiger partial charge in [0.2, 0.25) is 0 Å². The maximum absolute atomic E-state index is 12.5. The van der Waals surface area contributed by atoms with Crippen molar-refractivity contribution in [2.24, 2.45) is 0 Å². The predicted molar refractivity (Wildman–Crippen MR) is 44.4 cm³/mol. The van der Waals surface area contributed by atoms with Gasteiger partial charge < -0.3 is 0 Å². The van der Waals surface area contributed by atoms with Crippen LogP contribution in [0, 0.1) is 0 Å². The fourth-order valence-corrected chi connectivity index (χ4v) is 1.32. The van der Waals surface area contributed by atoms with Crippen molar-refractivity contribution in [3.05, 3.63) is 40.9 Å². The lowest BCUT2D eigenvalue weighted by Crippen LogP contribution is -1.93. The Morgan fingerprint density at radius 3 is 2.25 bits per heavy atom. The van der Waals surface area contributed by atoms with Crippen LogP contribution in [0.5, 0.6) is 0 Å². The monoisotopic (exact) mass is 186 g/mol. The van der Waals surface area contributed by atoms with Crippen LogP contribution in [0.15, 0.2) is 30.3 Å². The van der Waals surface area contributed by atoms with Gasteiger partial charge in [-0.3, -0.25) is 0 Å². The fourth-order valence-electron chi connectivity index (χ4n) is 1.08. The highest BCUT2D eigenvalue weighted by atomic mass is 35.5. The maximum Gasteiger partial charge on any atom is 0.293 e. The van der Waals surface area contributed by atoms with Crippen LogP contribution in [-0.4, -0.2) is 5.92 Å². The Morgan fingerprint density at radius 2 is 1.75 bits per heavy atom. The zero-order valence-corrected chi connectivity index (χ0v) is 6.78. The highest BCUT2D eigenvalue weighted by Gasteiger charge is 2.46. The molecule has 3 heteroatoms. The summed E-state index contributed by atoms with van der Waals surface area (Å²) in [5.41, 5.74) is 0.470. The van der Waals surface area contributed by atoms with E-state index < -0.39 is 5.92 Å². The van der Waals surface area contributed by atoms with Gasteiger partial charge in [0.15, 0.2) is 0 Å². The van der Waals surface area contributed by atoms with Gasteiger partial charge in [0.05, 0.1) is 0 Å². The molecule has 0 atom stereocenters. The third kappa shape index (κ3) is 1.12. The number of hydrogen-bond acceptors (Lipinski definition) is 0. The smallest absolute Gasteiger partial charge is 0.196 e. The van der Waals surface area contributed by atoms with Crippen molar-refractivity contribution < 1.29 is 8.78 Å². The Labute approximate surface area is 73.5 Å². The third-order valence-electron chi connectivity index (χ3n) is 1.77. The molecule has 0 aliphatic heterocycles. The second-order valence-corrected chi connectivity index (χ2v) is 3.07. The van der Waals surface area contributed by atoms with E-state index >= 15 is 0 Å². The van der Waals surface area contributed by atoms with Gasteiger partial charge in [0, 0.05) is 16.2 Å². The molecule has 0 unspecified atom stereocenters. The minimum atomic E-state index is -2.73. The quantitative estimate of drug-likeness (QED) is 0.631. The first-order valence-electron chi connectivity index (χ1n) is 3.47. The van der Waals surface area contributed by atoms with E-state index in [1.807, 2.05) is 0 Å². The van der Waals surface area contributed by atoms with Crippen molar-refractivity contribution in [1.29, 1.82) is 0 Å². The molecule has 62 valence electrons. The number of halogens is 3. The van der Waals surface area contributed by atoms with Gasteiger partial charge in [-0.15, -0.1) is 0 Å². The second kappa shape index (κ2) is 2.30. The fraction of sp³-hybridized carbons (Fsp3) is 0.111. The summed E-state index contributed by atoms with van der Waals surface area (Å²) in [7, 11) is 0. The summed E-state index contributed by atoms with van der Waals surface area (Å²) in [5.74, 6) is -2.73. The Hall–Kier alpha value is -0.890. The Bertz CT molecular complexity index is 355. The Morgan fingerprint density at radius 1 is 1.17 bits per heavy atom. The summed E-state index contributed by atoms with van der Waals surface area (Å²) in [5, 5.41) is 0.376. The van der Waals surface area contributed by atoms with Crippen molar-refractivity contribution in [2.75, 3.05) is 0 Å². The zero-order valence-electron chi connectivity index (χ0n) is 6.02. The molecule has 1 aromatic carbocycles. The van der Waals surface area contributed by atoms with Crippen LogP contribution in [0.3, 0.4) is 0 Å². The topological polar surface area (TPSA) is 0 Å². The average molecular weight is 187 g/mol. The molecule has 1 aromatic rings. The highest BCUT2D eigenvalue weighted by Crippen LogP contribution is 2.48. The van der Waals surface area contributed by atoms with Crippen LogP contribution in [0.4, 0.5) is 8.78 Å². The first-order chi connectivity index (χ1) is 5.61. The number of rotatable bonds is 1. The minimum absolute atomic E-state index is 0.0353. The van der Waals surface area contributed by atoms with Gasteiger partial charge in [-0.1, -0.05) is 29.8 Å². The summed E-state index contributed by atoms with van der Waals surface area (Å²) >= 11 is 5.71. The van der Waals surface area contributed by atoms with Crippen LogP contribution in [-0.2, 0) is 0 Å². The van der Waals surface area contributed by atoms with E-state index in [4.69, 9.17) is 11.6 Å². The van der Waals surface area contributed by atoms with E-state index in [1.54, 1.807) is 24.3 Å². The van der Waals surface area contributed by atoms with Crippen molar-refractivity contribution in [3.8, 4) is 0 Å². The number of benzene rings is 1. The van der Waals surface area contributed by atoms with Gasteiger partial charge in [-0.05, 0) is 12.1 Å². The largest absolute Gasteiger partial charge is 0.293 e. The minimum Gasteiger partial charge on any atom is -0.196 e. The number of alkyl halides is 2. The first kappa shape index (κ1) is 7.74. The van der Waals surface area contributed by atoms with E-state index in [2.05, 4.69) is 0 Å². The van der Waals surface area contributed by atoms with E-state index in [0.717, 1.165) is 6.08 Å². The van der Waals surface area contributed by atoms with Crippen molar-refractivity contribution in [3.63, 3.8) is 0 Å². The molecule has 0 aromatic heterocycles. The van der Waals surface area contributed by atoms with Gasteiger partial charge in [-0.2, -0.15) is 8.78 Å². The van der Waals surface area contributed by atoms with Crippen molar-refractivity contribution in [1.82, 2.24) is 0 Å². The molecule has 12 heavy (non-hydrogen) atoms. The summed E-state index contributed by atoms with van der Waals surface area (Å²) in [4.78, 5) is 0. The molecule has 0 saturated carbocycles. The lowest BCUT2D eigenvalue weighted by Gasteiger charge is -1.99. The molecule has 0 radical (unpaired) electrons. The molecular formula is C9H5ClF2. The summed E-state index contributed by atoms with van der Waals surface area (Å²) in [6, 6.07) is 6.60. The van der Waals surface area contributed by atoms with Gasteiger partial charge in [0.1, 0.15) is 0 Å². The van der Waals surface area contributed by atoms with E-state index in [9.17, 15) is 8.78 Å². The van der Waals surface area contributed by atoms with Crippen LogP contribution >= 0.6 is 11.6 Å². The second-order valence-electron chi connectivity index (χ2n) is 2.66. The lowest BCUT2D eigenvalue weighted by atomic mass is 10.2. The molecule has 0 nitrogen and oxygen atoms in total. The summed E-state index contributed by atoms with van der Waals surface area (Å²) < 4.78 is 25.0. The van der Waals surface area contributed by atoms with E-state index in [0.29, 0.717) is 10.6 Å². The summed E-state index contributed by atoms with van der Waals surface area (Å²) in [6.07, 6.45) is 0.911. The Kier molecular flexibility index (Phi) is 1.48. The molecular weight excluding hydrogens is 182 g/mol. The van der Waals surface area contributed by atoms with Crippen LogP contribution in [0.1, 0.15) is 5.56 Å². The molecule has 1 aliphatic rings. The first-order valence-corrected chi connectivity index (χ1v) is 3.85. The Balaban J connectivity index is 2.38. The molecule has 2 rings (SSSR count). The normalized spacial score (nSPS) is 18.8. The number of allylic oxidation sites excluding steroid dienone is 2. The van der Waals surface area contributed by atoms with Gasteiger partial charge in [-0.25, -0.2) is 0 Å². The third-order valence-corrected chi connectivity index (χ3v) is 2.10. The van der Waals surface area contributed by atoms with Crippen LogP contribution < -0.4 is 0 Å². The summed E-state index contributed by atoms with van der Waals surface area (Å²) in [6.45, 7) is 0. The van der Waals surface area contributed by atoms with Crippen LogP contribution in [0.25, 0.3) is 5.57 Å². The van der Waals surface area contributed by atoms with Gasteiger partial charge >= 0.3 is 0 Å². The van der Waals surface area contributed by atoms with Crippen LogP contribution in [0.2, 0.25) is 5.02 Å². The zero-order chi connectivity index (χ0) is 8.77. The SMILES string of the molecule is FC1(F)C=C1c1ccccc1Cl. The molecule has 0 fully saturated rings. The van der Waals surface area contributed by atoms with E-state index in [-0.39, 0.29) is 5.57 Å². The molecule has 0 saturated heterocycles. The van der Waals surface area contributed by atoms with Crippen molar-refractivity contribution in [2.45, 2.75) is 5.92 Å². The standard InChI is InChI=1S/C9H5ClF2/c10-8-4-2-1-3-6(8)7-5-9(7,11)12/h1-5H. The van der Waals surface area contributed by atoms with E-state index in [1.165, 1.54) is 0 Å². The average Bonchev–Trinajstić information content (AvgIpc) is 2.61. The predicted octanol–water partition coefficient (Wildman–Crippen LogP) is 3.37. The lowest BCUT2D eigenvalue weighted by molar-refractivity contribution is 0.159.